The third-order valence-electron chi connectivity index (χ3n) is 4.37. The quantitative estimate of drug-likeness (QED) is 0.898. The highest BCUT2D eigenvalue weighted by atomic mass is 16.2. The molecule has 1 aromatic carbocycles. The number of nitrogens with one attached hydrogen (secondary N) is 1. The van der Waals surface area contributed by atoms with Crippen molar-refractivity contribution in [1.82, 2.24) is 10.2 Å². The standard InChI is InChI=1S/C18H28N2O/c1-12(2)6-8-15(5)20-17(21)11-19-18(20)16-9-7-13(3)10-14(16)4/h7,9-10,12,15,18-19H,6,8,11H2,1-5H3. The highest BCUT2D eigenvalue weighted by Gasteiger charge is 2.35. The second-order valence-corrected chi connectivity index (χ2v) is 6.76. The minimum Gasteiger partial charge on any atom is -0.319 e. The summed E-state index contributed by atoms with van der Waals surface area (Å²) in [6.45, 7) is 11.3. The Kier molecular flexibility index (Phi) is 5.04. The van der Waals surface area contributed by atoms with Crippen LogP contribution in [0.2, 0.25) is 0 Å². The molecule has 21 heavy (non-hydrogen) atoms. The number of hydrogen-bond donors (Lipinski definition) is 1. The van der Waals surface area contributed by atoms with Crippen LogP contribution < -0.4 is 5.32 Å². The lowest BCUT2D eigenvalue weighted by molar-refractivity contribution is -0.130. The Morgan fingerprint density at radius 1 is 1.24 bits per heavy atom. The molecule has 1 heterocycles. The van der Waals surface area contributed by atoms with E-state index in [1.165, 1.54) is 16.7 Å². The van der Waals surface area contributed by atoms with Crippen molar-refractivity contribution in [2.45, 2.75) is 59.7 Å². The normalized spacial score (nSPS) is 20.4. The van der Waals surface area contributed by atoms with E-state index in [9.17, 15) is 4.79 Å². The summed E-state index contributed by atoms with van der Waals surface area (Å²) in [5, 5.41) is 3.38. The minimum atomic E-state index is 0.0280. The lowest BCUT2D eigenvalue weighted by Gasteiger charge is -2.32. The molecule has 1 amide bonds. The molecule has 116 valence electrons. The SMILES string of the molecule is Cc1ccc(C2NCC(=O)N2C(C)CCC(C)C)c(C)c1. The molecule has 1 aliphatic heterocycles. The monoisotopic (exact) mass is 288 g/mol. The Bertz CT molecular complexity index is 510. The van der Waals surface area contributed by atoms with Crippen LogP contribution in [0.1, 0.15) is 56.5 Å². The molecular formula is C18H28N2O. The molecule has 0 aromatic heterocycles. The molecule has 1 fully saturated rings. The molecule has 0 saturated carbocycles. The van der Waals surface area contributed by atoms with E-state index in [1.54, 1.807) is 0 Å². The van der Waals surface area contributed by atoms with Gasteiger partial charge in [-0.15, -0.1) is 0 Å². The second-order valence-electron chi connectivity index (χ2n) is 6.76. The average Bonchev–Trinajstić information content (AvgIpc) is 2.78. The van der Waals surface area contributed by atoms with Crippen molar-refractivity contribution in [3.05, 3.63) is 34.9 Å². The second kappa shape index (κ2) is 6.61. The maximum atomic E-state index is 12.3. The van der Waals surface area contributed by atoms with Crippen molar-refractivity contribution in [2.24, 2.45) is 5.92 Å². The van der Waals surface area contributed by atoms with E-state index in [0.717, 1.165) is 12.8 Å². The molecule has 3 nitrogen and oxygen atoms in total. The maximum absolute atomic E-state index is 12.3. The van der Waals surface area contributed by atoms with Crippen molar-refractivity contribution in [3.8, 4) is 0 Å². The van der Waals surface area contributed by atoms with Crippen LogP contribution in [0.4, 0.5) is 0 Å². The number of benzene rings is 1. The van der Waals surface area contributed by atoms with Gasteiger partial charge in [0.2, 0.25) is 5.91 Å². The van der Waals surface area contributed by atoms with Crippen LogP contribution in [-0.4, -0.2) is 23.4 Å². The summed E-state index contributed by atoms with van der Waals surface area (Å²) in [5.41, 5.74) is 3.74. The van der Waals surface area contributed by atoms with Crippen LogP contribution in [0.15, 0.2) is 18.2 Å². The van der Waals surface area contributed by atoms with Crippen molar-refractivity contribution < 1.29 is 4.79 Å². The minimum absolute atomic E-state index is 0.0280. The van der Waals surface area contributed by atoms with Crippen molar-refractivity contribution >= 4 is 5.91 Å². The summed E-state index contributed by atoms with van der Waals surface area (Å²) in [4.78, 5) is 14.3. The van der Waals surface area contributed by atoms with Gasteiger partial charge in [0.15, 0.2) is 0 Å². The average molecular weight is 288 g/mol. The van der Waals surface area contributed by atoms with Gasteiger partial charge in [-0.05, 0) is 50.7 Å². The van der Waals surface area contributed by atoms with Crippen molar-refractivity contribution in [2.75, 3.05) is 6.54 Å². The zero-order chi connectivity index (χ0) is 15.6. The van der Waals surface area contributed by atoms with Crippen LogP contribution in [-0.2, 0) is 4.79 Å². The van der Waals surface area contributed by atoms with E-state index in [2.05, 4.69) is 58.1 Å². The van der Waals surface area contributed by atoms with Crippen LogP contribution >= 0.6 is 0 Å². The van der Waals surface area contributed by atoms with Gasteiger partial charge in [-0.25, -0.2) is 0 Å². The summed E-state index contributed by atoms with van der Waals surface area (Å²) < 4.78 is 0. The Balaban J connectivity index is 2.19. The van der Waals surface area contributed by atoms with Gasteiger partial charge in [0.25, 0.3) is 0 Å². The lowest BCUT2D eigenvalue weighted by atomic mass is 10.00. The zero-order valence-electron chi connectivity index (χ0n) is 13.9. The van der Waals surface area contributed by atoms with Crippen molar-refractivity contribution in [1.29, 1.82) is 0 Å². The van der Waals surface area contributed by atoms with Crippen LogP contribution in [0.25, 0.3) is 0 Å². The molecule has 1 aromatic rings. The van der Waals surface area contributed by atoms with E-state index in [1.807, 2.05) is 4.90 Å². The van der Waals surface area contributed by atoms with Crippen LogP contribution in [0.3, 0.4) is 0 Å². The number of amides is 1. The van der Waals surface area contributed by atoms with E-state index >= 15 is 0 Å². The summed E-state index contributed by atoms with van der Waals surface area (Å²) in [6.07, 6.45) is 2.25. The molecule has 2 unspecified atom stereocenters. The molecule has 1 saturated heterocycles. The maximum Gasteiger partial charge on any atom is 0.238 e. The van der Waals surface area contributed by atoms with Gasteiger partial charge in [0.1, 0.15) is 6.17 Å². The first kappa shape index (κ1) is 16.0. The molecule has 0 aliphatic carbocycles. The molecule has 3 heteroatoms. The Morgan fingerprint density at radius 3 is 2.57 bits per heavy atom. The van der Waals surface area contributed by atoms with E-state index < -0.39 is 0 Å². The van der Waals surface area contributed by atoms with E-state index in [4.69, 9.17) is 0 Å². The van der Waals surface area contributed by atoms with Gasteiger partial charge < -0.3 is 4.90 Å². The summed E-state index contributed by atoms with van der Waals surface area (Å²) in [5.74, 6) is 0.897. The number of carbonyl (C=O) groups excluding carboxylic acids is 1. The van der Waals surface area contributed by atoms with Crippen molar-refractivity contribution in [3.63, 3.8) is 0 Å². The highest BCUT2D eigenvalue weighted by molar-refractivity contribution is 5.81. The van der Waals surface area contributed by atoms with Gasteiger partial charge in [-0.1, -0.05) is 37.6 Å². The van der Waals surface area contributed by atoms with Crippen LogP contribution in [0, 0.1) is 19.8 Å². The van der Waals surface area contributed by atoms with Gasteiger partial charge in [-0.3, -0.25) is 10.1 Å². The molecule has 1 aliphatic rings. The lowest BCUT2D eigenvalue weighted by Crippen LogP contribution is -2.38. The molecule has 2 atom stereocenters. The van der Waals surface area contributed by atoms with E-state index in [0.29, 0.717) is 12.5 Å². The predicted octanol–water partition coefficient (Wildman–Crippen LogP) is 3.56. The third kappa shape index (κ3) is 3.65. The molecule has 0 spiro atoms. The number of carbonyl (C=O) groups is 1. The van der Waals surface area contributed by atoms with Gasteiger partial charge in [-0.2, -0.15) is 0 Å². The predicted molar refractivity (Wildman–Crippen MR) is 87.0 cm³/mol. The molecule has 2 rings (SSSR count). The molecular weight excluding hydrogens is 260 g/mol. The summed E-state index contributed by atoms with van der Waals surface area (Å²) in [6, 6.07) is 6.75. The molecule has 1 N–H and O–H groups in total. The zero-order valence-corrected chi connectivity index (χ0v) is 13.9. The smallest absolute Gasteiger partial charge is 0.238 e. The first-order chi connectivity index (χ1) is 9.90. The number of aryl methyl sites for hydroxylation is 2. The molecule has 0 radical (unpaired) electrons. The van der Waals surface area contributed by atoms with E-state index in [-0.39, 0.29) is 18.1 Å². The highest BCUT2D eigenvalue weighted by Crippen LogP contribution is 2.29. The van der Waals surface area contributed by atoms with Gasteiger partial charge >= 0.3 is 0 Å². The Hall–Kier alpha value is -1.35. The van der Waals surface area contributed by atoms with Gasteiger partial charge in [0, 0.05) is 6.04 Å². The largest absolute Gasteiger partial charge is 0.319 e. The topological polar surface area (TPSA) is 32.3 Å². The first-order valence-electron chi connectivity index (χ1n) is 8.02. The number of rotatable bonds is 5. The number of hydrogen-bond acceptors (Lipinski definition) is 2. The summed E-state index contributed by atoms with van der Waals surface area (Å²) >= 11 is 0. The number of nitrogens with zero attached hydrogens (tertiary/aromatic N) is 1. The Morgan fingerprint density at radius 2 is 1.95 bits per heavy atom. The fraction of sp³-hybridized carbons (Fsp3) is 0.611. The summed E-state index contributed by atoms with van der Waals surface area (Å²) in [7, 11) is 0. The molecule has 0 bridgehead atoms. The van der Waals surface area contributed by atoms with Gasteiger partial charge in [0.05, 0.1) is 6.54 Å². The van der Waals surface area contributed by atoms with Crippen LogP contribution in [0.5, 0.6) is 0 Å². The first-order valence-corrected chi connectivity index (χ1v) is 8.02. The Labute approximate surface area is 128 Å². The fourth-order valence-corrected chi connectivity index (χ4v) is 3.12. The fourth-order valence-electron chi connectivity index (χ4n) is 3.12. The third-order valence-corrected chi connectivity index (χ3v) is 4.37.